The molecule has 2 heterocycles. The lowest BCUT2D eigenvalue weighted by Gasteiger charge is -2.07. The van der Waals surface area contributed by atoms with Crippen LogP contribution in [0.1, 0.15) is 11.1 Å². The molecule has 2 aromatic carbocycles. The second kappa shape index (κ2) is 5.60. The molecule has 0 spiro atoms. The molecule has 0 radical (unpaired) electrons. The van der Waals surface area contributed by atoms with Crippen LogP contribution in [0.25, 0.3) is 21.8 Å². The van der Waals surface area contributed by atoms with Crippen LogP contribution in [0.3, 0.4) is 0 Å². The largest absolute Gasteiger partial charge is 0.351 e. The first-order valence-corrected chi connectivity index (χ1v) is 7.99. The molecule has 0 aliphatic carbocycles. The van der Waals surface area contributed by atoms with Gasteiger partial charge in [-0.2, -0.15) is 0 Å². The third kappa shape index (κ3) is 2.64. The fourth-order valence-electron chi connectivity index (χ4n) is 3.23. The molecule has 0 saturated heterocycles. The summed E-state index contributed by atoms with van der Waals surface area (Å²) in [5.74, 6) is 0. The van der Waals surface area contributed by atoms with Crippen LogP contribution in [0.2, 0.25) is 0 Å². The molecule has 0 aliphatic heterocycles. The van der Waals surface area contributed by atoms with Gasteiger partial charge >= 0.3 is 0 Å². The summed E-state index contributed by atoms with van der Waals surface area (Å²) in [6.07, 6.45) is 4.22. The highest BCUT2D eigenvalue weighted by Crippen LogP contribution is 2.18. The Morgan fingerprint density at radius 1 is 0.696 bits per heavy atom. The van der Waals surface area contributed by atoms with Gasteiger partial charge in [-0.25, -0.2) is 0 Å². The Bertz CT molecular complexity index is 895. The molecule has 0 aliphatic rings. The van der Waals surface area contributed by atoms with Crippen LogP contribution in [0.4, 0.5) is 0 Å². The molecule has 3 nitrogen and oxygen atoms in total. The fourth-order valence-corrected chi connectivity index (χ4v) is 3.23. The summed E-state index contributed by atoms with van der Waals surface area (Å²) in [7, 11) is 4.17. The fraction of sp³-hybridized carbons (Fsp3) is 0.200. The maximum Gasteiger partial charge on any atom is 0.0477 e. The topological polar surface area (TPSA) is 21.9 Å². The summed E-state index contributed by atoms with van der Waals surface area (Å²) in [5.41, 5.74) is 5.21. The standard InChI is InChI=1S/C20H21N3/c1-22-9-7-17-11-15(3-5-19(17)22)13-21-14-16-4-6-20-18(12-16)8-10-23(20)2/h3-12,21H,13-14H2,1-2H3. The molecule has 0 saturated carbocycles. The number of hydrogen-bond acceptors (Lipinski definition) is 1. The van der Waals surface area contributed by atoms with Crippen molar-refractivity contribution in [1.29, 1.82) is 0 Å². The van der Waals surface area contributed by atoms with Gasteiger partial charge < -0.3 is 14.5 Å². The predicted molar refractivity (Wildman–Crippen MR) is 96.4 cm³/mol. The van der Waals surface area contributed by atoms with Crippen LogP contribution in [-0.2, 0) is 27.2 Å². The molecular formula is C20H21N3. The molecule has 0 bridgehead atoms. The molecule has 0 unspecified atom stereocenters. The maximum absolute atomic E-state index is 3.55. The highest BCUT2D eigenvalue weighted by Gasteiger charge is 2.02. The molecule has 4 aromatic rings. The van der Waals surface area contributed by atoms with E-state index in [1.807, 2.05) is 0 Å². The highest BCUT2D eigenvalue weighted by molar-refractivity contribution is 5.81. The number of nitrogens with one attached hydrogen (secondary N) is 1. The van der Waals surface area contributed by atoms with Gasteiger partial charge in [-0.3, -0.25) is 0 Å². The SMILES string of the molecule is Cn1ccc2cc(CNCc3ccc4c(ccn4C)c3)ccc21. The molecule has 0 fully saturated rings. The van der Waals surface area contributed by atoms with Crippen molar-refractivity contribution in [2.24, 2.45) is 14.1 Å². The second-order valence-corrected chi connectivity index (χ2v) is 6.24. The average molecular weight is 303 g/mol. The van der Waals surface area contributed by atoms with Gasteiger partial charge in [0.2, 0.25) is 0 Å². The van der Waals surface area contributed by atoms with Crippen LogP contribution in [0.15, 0.2) is 60.9 Å². The van der Waals surface area contributed by atoms with Crippen LogP contribution >= 0.6 is 0 Å². The number of rotatable bonds is 4. The quantitative estimate of drug-likeness (QED) is 0.605. The summed E-state index contributed by atoms with van der Waals surface area (Å²) >= 11 is 0. The van der Waals surface area contributed by atoms with Crippen LogP contribution in [0, 0.1) is 0 Å². The zero-order chi connectivity index (χ0) is 15.8. The predicted octanol–water partition coefficient (Wildman–Crippen LogP) is 3.96. The number of nitrogens with zero attached hydrogens (tertiary/aromatic N) is 2. The lowest BCUT2D eigenvalue weighted by Crippen LogP contribution is -2.12. The summed E-state index contributed by atoms with van der Waals surface area (Å²) in [6, 6.07) is 17.7. The lowest BCUT2D eigenvalue weighted by atomic mass is 10.1. The molecule has 0 atom stereocenters. The van der Waals surface area contributed by atoms with Crippen LogP contribution in [-0.4, -0.2) is 9.13 Å². The number of aryl methyl sites for hydroxylation is 2. The molecule has 0 amide bonds. The Morgan fingerprint density at radius 2 is 1.17 bits per heavy atom. The monoisotopic (exact) mass is 303 g/mol. The van der Waals surface area contributed by atoms with Gasteiger partial charge in [0, 0.05) is 50.6 Å². The Hall–Kier alpha value is -2.52. The van der Waals surface area contributed by atoms with Crippen molar-refractivity contribution in [3.8, 4) is 0 Å². The van der Waals surface area contributed by atoms with Crippen molar-refractivity contribution in [3.05, 3.63) is 72.1 Å². The summed E-state index contributed by atoms with van der Waals surface area (Å²) in [5, 5.41) is 6.15. The molecule has 23 heavy (non-hydrogen) atoms. The van der Waals surface area contributed by atoms with Gasteiger partial charge in [0.05, 0.1) is 0 Å². The van der Waals surface area contributed by atoms with E-state index in [2.05, 4.69) is 89.5 Å². The zero-order valence-corrected chi connectivity index (χ0v) is 13.6. The molecular weight excluding hydrogens is 282 g/mol. The van der Waals surface area contributed by atoms with Crippen LogP contribution in [0.5, 0.6) is 0 Å². The Kier molecular flexibility index (Phi) is 3.43. The summed E-state index contributed by atoms with van der Waals surface area (Å²) in [6.45, 7) is 1.77. The van der Waals surface area contributed by atoms with E-state index >= 15 is 0 Å². The van der Waals surface area contributed by atoms with Gasteiger partial charge in [0.15, 0.2) is 0 Å². The minimum atomic E-state index is 0.887. The summed E-state index contributed by atoms with van der Waals surface area (Å²) < 4.78 is 4.31. The Labute approximate surface area is 136 Å². The Balaban J connectivity index is 1.45. The van der Waals surface area contributed by atoms with E-state index in [0.29, 0.717) is 0 Å². The third-order valence-electron chi connectivity index (χ3n) is 4.56. The van der Waals surface area contributed by atoms with E-state index in [4.69, 9.17) is 0 Å². The van der Waals surface area contributed by atoms with E-state index in [1.54, 1.807) is 0 Å². The van der Waals surface area contributed by atoms with Gasteiger partial charge in [-0.1, -0.05) is 12.1 Å². The van der Waals surface area contributed by atoms with E-state index < -0.39 is 0 Å². The zero-order valence-electron chi connectivity index (χ0n) is 13.6. The molecule has 4 rings (SSSR count). The second-order valence-electron chi connectivity index (χ2n) is 6.24. The first kappa shape index (κ1) is 14.1. The summed E-state index contributed by atoms with van der Waals surface area (Å²) in [4.78, 5) is 0. The number of benzene rings is 2. The average Bonchev–Trinajstić information content (AvgIpc) is 3.11. The number of hydrogen-bond donors (Lipinski definition) is 1. The van der Waals surface area contributed by atoms with Crippen molar-refractivity contribution in [3.63, 3.8) is 0 Å². The van der Waals surface area contributed by atoms with Gasteiger partial charge in [-0.05, 0) is 58.3 Å². The van der Waals surface area contributed by atoms with Crippen LogP contribution < -0.4 is 5.32 Å². The van der Waals surface area contributed by atoms with Crippen molar-refractivity contribution < 1.29 is 0 Å². The molecule has 3 heteroatoms. The first-order valence-electron chi connectivity index (χ1n) is 7.99. The minimum absolute atomic E-state index is 0.887. The van der Waals surface area contributed by atoms with Crippen molar-refractivity contribution in [1.82, 2.24) is 14.5 Å². The van der Waals surface area contributed by atoms with E-state index in [0.717, 1.165) is 13.1 Å². The first-order chi connectivity index (χ1) is 11.2. The van der Waals surface area contributed by atoms with Crippen molar-refractivity contribution in [2.75, 3.05) is 0 Å². The van der Waals surface area contributed by atoms with E-state index in [9.17, 15) is 0 Å². The van der Waals surface area contributed by atoms with Gasteiger partial charge in [0.1, 0.15) is 0 Å². The molecule has 2 aromatic heterocycles. The highest BCUT2D eigenvalue weighted by atomic mass is 14.9. The van der Waals surface area contributed by atoms with Gasteiger partial charge in [-0.15, -0.1) is 0 Å². The van der Waals surface area contributed by atoms with E-state index in [-0.39, 0.29) is 0 Å². The minimum Gasteiger partial charge on any atom is -0.351 e. The lowest BCUT2D eigenvalue weighted by molar-refractivity contribution is 0.694. The number of fused-ring (bicyclic) bond motifs is 2. The maximum atomic E-state index is 3.55. The van der Waals surface area contributed by atoms with E-state index in [1.165, 1.54) is 32.9 Å². The van der Waals surface area contributed by atoms with Gasteiger partial charge in [0.25, 0.3) is 0 Å². The smallest absolute Gasteiger partial charge is 0.0477 e. The normalized spacial score (nSPS) is 11.6. The Morgan fingerprint density at radius 3 is 1.65 bits per heavy atom. The van der Waals surface area contributed by atoms with Crippen molar-refractivity contribution in [2.45, 2.75) is 13.1 Å². The molecule has 116 valence electrons. The third-order valence-corrected chi connectivity index (χ3v) is 4.56. The molecule has 1 N–H and O–H groups in total. The van der Waals surface area contributed by atoms with Crippen molar-refractivity contribution >= 4 is 21.8 Å². The number of aromatic nitrogens is 2.